The second kappa shape index (κ2) is 3.70. The number of halogens is 4. The summed E-state index contributed by atoms with van der Waals surface area (Å²) in [5.41, 5.74) is -3.36. The van der Waals surface area contributed by atoms with E-state index in [4.69, 9.17) is 33.7 Å². The third-order valence-electron chi connectivity index (χ3n) is 0.252. The summed E-state index contributed by atoms with van der Waals surface area (Å²) >= 11 is 15.4. The van der Waals surface area contributed by atoms with E-state index in [0.717, 1.165) is 0 Å². The summed E-state index contributed by atoms with van der Waals surface area (Å²) in [5, 5.41) is 0. The second-order valence-electron chi connectivity index (χ2n) is 1.06. The topological polar surface area (TPSA) is 58.9 Å². The number of nitrogens with zero attached hydrogens (tertiary/aromatic N) is 2. The van der Waals surface area contributed by atoms with Crippen LogP contribution in [0.4, 0.5) is 0 Å². The monoisotopic (exact) mass is 264 g/mol. The zero-order valence-electron chi connectivity index (χ0n) is 4.13. The predicted octanol–water partition coefficient (Wildman–Crippen LogP) is 3.05. The van der Waals surface area contributed by atoms with Gasteiger partial charge < -0.3 is 0 Å². The van der Waals surface area contributed by atoms with Gasteiger partial charge in [0.1, 0.15) is 0 Å². The maximum atomic E-state index is 10.0. The first-order chi connectivity index (χ1) is 4.21. The van der Waals surface area contributed by atoms with E-state index < -0.39 is 14.7 Å². The van der Waals surface area contributed by atoms with Gasteiger partial charge in [0.15, 0.2) is 0 Å². The molecule has 0 saturated carbocycles. The maximum absolute atomic E-state index is 10.0. The van der Waals surface area contributed by atoms with Crippen LogP contribution in [-0.4, -0.2) is 8.42 Å². The van der Waals surface area contributed by atoms with Crippen LogP contribution in [0.3, 0.4) is 0 Å². The predicted molar refractivity (Wildman–Crippen MR) is 45.5 cm³/mol. The molecule has 0 aliphatic carbocycles. The first-order valence-electron chi connectivity index (χ1n) is 1.66. The Balaban J connectivity index is 4.31. The van der Waals surface area contributed by atoms with Crippen molar-refractivity contribution in [2.75, 3.05) is 0 Å². The minimum atomic E-state index is -4.05. The Labute approximate surface area is 76.8 Å². The van der Waals surface area contributed by atoms with E-state index in [1.54, 1.807) is 0 Å². The van der Waals surface area contributed by atoms with Gasteiger partial charge in [0.05, 0.1) is 0 Å². The van der Waals surface area contributed by atoms with Gasteiger partial charge in [-0.05, 0) is 0 Å². The molecule has 0 atom stereocenters. The van der Waals surface area contributed by atoms with Gasteiger partial charge in [-0.2, -0.15) is 0 Å². The van der Waals surface area contributed by atoms with Gasteiger partial charge in [0, 0.05) is 0 Å². The quantitative estimate of drug-likeness (QED) is 0.438. The van der Waals surface area contributed by atoms with Crippen molar-refractivity contribution in [2.24, 2.45) is 9.40 Å². The normalized spacial score (nSPS) is 16.0. The molecule has 10 heavy (non-hydrogen) atoms. The van der Waals surface area contributed by atoms with E-state index in [1.165, 1.54) is 0 Å². The van der Waals surface area contributed by atoms with Crippen LogP contribution in [-0.2, 0) is 9.24 Å². The van der Waals surface area contributed by atoms with Crippen LogP contribution in [0.1, 0.15) is 0 Å². The summed E-state index contributed by atoms with van der Waals surface area (Å²) < 4.78 is 22.6. The van der Waals surface area contributed by atoms with Gasteiger partial charge >= 0.3 is 76.9 Å². The first kappa shape index (κ1) is 11.1. The van der Waals surface area contributed by atoms with E-state index in [-0.39, 0.29) is 0 Å². The summed E-state index contributed by atoms with van der Waals surface area (Å²) in [6.45, 7) is 0. The summed E-state index contributed by atoms with van der Waals surface area (Å²) in [7, 11) is 0.552. The molecule has 0 bridgehead atoms. The average Bonchev–Trinajstić information content (AvgIpc) is 1.57. The Hall–Kier alpha value is 1.14. The molecule has 0 aliphatic rings. The summed E-state index contributed by atoms with van der Waals surface area (Å²) in [6, 6.07) is 0. The molecule has 0 unspecified atom stereocenters. The van der Waals surface area contributed by atoms with Gasteiger partial charge in [0.25, 0.3) is 0 Å². The fraction of sp³-hybridized carbons (Fsp3) is 0. The van der Waals surface area contributed by atoms with Crippen LogP contribution >= 0.6 is 49.9 Å². The molecule has 0 aromatic rings. The molecule has 4 nitrogen and oxygen atoms in total. The Kier molecular flexibility index (Phi) is 4.12. The zero-order valence-corrected chi connectivity index (χ0v) is 8.97. The third kappa shape index (κ3) is 9.14. The Bertz CT molecular complexity index is 226. The molecule has 0 spiro atoms. The fourth-order valence-electron chi connectivity index (χ4n) is 0.0951. The molecule has 0 amide bonds. The van der Waals surface area contributed by atoms with E-state index in [1.807, 2.05) is 0 Å². The zero-order chi connectivity index (χ0) is 8.41. The molecular weight excluding hydrogens is 265 g/mol. The summed E-state index contributed by atoms with van der Waals surface area (Å²) in [6.07, 6.45) is 0. The molecule has 0 aliphatic heterocycles. The van der Waals surface area contributed by atoms with Crippen LogP contribution in [0.5, 0.6) is 0 Å². The van der Waals surface area contributed by atoms with Crippen molar-refractivity contribution in [3.8, 4) is 0 Å². The van der Waals surface area contributed by atoms with Crippen molar-refractivity contribution in [1.82, 2.24) is 0 Å². The number of hydrogen-bond donors (Lipinski definition) is 0. The van der Waals surface area contributed by atoms with Crippen LogP contribution in [0.15, 0.2) is 9.40 Å². The summed E-state index contributed by atoms with van der Waals surface area (Å²) in [4.78, 5) is 2.87. The van der Waals surface area contributed by atoms with Crippen LogP contribution in [0, 0.1) is 0 Å². The van der Waals surface area contributed by atoms with Crippen molar-refractivity contribution in [3.63, 3.8) is 0 Å². The van der Waals surface area contributed by atoms with Crippen molar-refractivity contribution in [1.29, 1.82) is 0 Å². The molecule has 0 fully saturated rings. The molecule has 0 N–H and O–H groups in total. The molecule has 0 aromatic carbocycles. The Morgan fingerprint density at radius 2 is 1.60 bits per heavy atom. The van der Waals surface area contributed by atoms with Gasteiger partial charge in [0.2, 0.25) is 0 Å². The van der Waals surface area contributed by atoms with E-state index in [2.05, 4.69) is 20.1 Å². The van der Waals surface area contributed by atoms with Crippen LogP contribution in [0.2, 0.25) is 0 Å². The Morgan fingerprint density at radius 1 is 1.20 bits per heavy atom. The molecule has 0 saturated heterocycles. The van der Waals surface area contributed by atoms with Crippen molar-refractivity contribution in [3.05, 3.63) is 0 Å². The molecule has 0 aromatic heterocycles. The van der Waals surface area contributed by atoms with Gasteiger partial charge in [-0.15, -0.1) is 0 Å². The average molecular weight is 266 g/mol. The molecule has 0 radical (unpaired) electrons. The molecule has 62 valence electrons. The molecule has 0 rings (SSSR count). The van der Waals surface area contributed by atoms with Crippen LogP contribution in [0.25, 0.3) is 0 Å². The van der Waals surface area contributed by atoms with Crippen molar-refractivity contribution in [2.45, 2.75) is 0 Å². The SMILES string of the molecule is O=S(=O)(Cl)N=N[PH](Cl)(Cl)Cl. The van der Waals surface area contributed by atoms with Gasteiger partial charge in [-0.3, -0.25) is 0 Å². The standard InChI is InChI=1S/Cl4HN2O2PS/c1-9(2,3)5-6-10(4,7)8/h9H. The number of rotatable bonds is 2. The molecule has 10 heteroatoms. The third-order valence-corrected chi connectivity index (χ3v) is 1.87. The minimum absolute atomic E-state index is 2.56. The van der Waals surface area contributed by atoms with Crippen LogP contribution < -0.4 is 0 Å². The van der Waals surface area contributed by atoms with E-state index in [0.29, 0.717) is 0 Å². The first-order valence-corrected chi connectivity index (χ1v) is 8.91. The molecule has 0 heterocycles. The second-order valence-corrected chi connectivity index (χ2v) is 11.0. The fourth-order valence-corrected chi connectivity index (χ4v) is 1.97. The molecular formula is HCl4N2O2PS. The van der Waals surface area contributed by atoms with Crippen molar-refractivity contribution < 1.29 is 8.42 Å². The van der Waals surface area contributed by atoms with E-state index >= 15 is 0 Å². The van der Waals surface area contributed by atoms with E-state index in [9.17, 15) is 8.42 Å². The van der Waals surface area contributed by atoms with Crippen molar-refractivity contribution >= 4 is 59.1 Å². The Morgan fingerprint density at radius 3 is 1.70 bits per heavy atom. The summed E-state index contributed by atoms with van der Waals surface area (Å²) in [5.74, 6) is 0. The number of hydrogen-bond acceptors (Lipinski definition) is 3. The van der Waals surface area contributed by atoms with Gasteiger partial charge in [-0.1, -0.05) is 0 Å². The van der Waals surface area contributed by atoms with Gasteiger partial charge in [-0.25, -0.2) is 0 Å².